The highest BCUT2D eigenvalue weighted by Gasteiger charge is 2.04. The molecular formula is C18H20O. The van der Waals surface area contributed by atoms with Gasteiger partial charge < -0.3 is 0 Å². The third-order valence-electron chi connectivity index (χ3n) is 3.30. The highest BCUT2D eigenvalue weighted by molar-refractivity contribution is 5.81. The third kappa shape index (κ3) is 4.36. The number of benzene rings is 2. The topological polar surface area (TPSA) is 17.1 Å². The number of rotatable bonds is 5. The Bertz CT molecular complexity index is 552. The van der Waals surface area contributed by atoms with Gasteiger partial charge in [-0.15, -0.1) is 0 Å². The normalized spacial score (nSPS) is 10.4. The van der Waals surface area contributed by atoms with Crippen LogP contribution in [0.25, 0.3) is 0 Å². The van der Waals surface area contributed by atoms with Gasteiger partial charge in [0.2, 0.25) is 0 Å². The molecule has 2 aromatic rings. The molecule has 0 atom stereocenters. The van der Waals surface area contributed by atoms with E-state index in [4.69, 9.17) is 0 Å². The van der Waals surface area contributed by atoms with Gasteiger partial charge >= 0.3 is 0 Å². The Kier molecular flexibility index (Phi) is 4.51. The van der Waals surface area contributed by atoms with Crippen molar-refractivity contribution in [1.82, 2.24) is 0 Å². The van der Waals surface area contributed by atoms with E-state index < -0.39 is 0 Å². The van der Waals surface area contributed by atoms with Crippen LogP contribution in [-0.2, 0) is 17.6 Å². The predicted molar refractivity (Wildman–Crippen MR) is 79.4 cm³/mol. The maximum Gasteiger partial charge on any atom is 0.137 e. The van der Waals surface area contributed by atoms with Gasteiger partial charge in [-0.3, -0.25) is 4.79 Å². The standard InChI is InChI=1S/C18H20O/c1-14-6-8-16(9-7-14)10-11-18(19)13-17-5-3-4-15(2)12-17/h3-9,12H,10-11,13H2,1-2H3. The number of ketones is 1. The number of aryl methyl sites for hydroxylation is 3. The lowest BCUT2D eigenvalue weighted by molar-refractivity contribution is -0.118. The van der Waals surface area contributed by atoms with Crippen LogP contribution in [0.4, 0.5) is 0 Å². The van der Waals surface area contributed by atoms with Gasteiger partial charge in [-0.2, -0.15) is 0 Å². The van der Waals surface area contributed by atoms with Crippen LogP contribution in [-0.4, -0.2) is 5.78 Å². The molecule has 0 unspecified atom stereocenters. The molecule has 0 saturated carbocycles. The average molecular weight is 252 g/mol. The summed E-state index contributed by atoms with van der Waals surface area (Å²) in [4.78, 5) is 12.0. The van der Waals surface area contributed by atoms with Gasteiger partial charge in [0.25, 0.3) is 0 Å². The predicted octanol–water partition coefficient (Wildman–Crippen LogP) is 4.05. The molecule has 0 aliphatic rings. The van der Waals surface area contributed by atoms with E-state index in [-0.39, 0.29) is 0 Å². The fourth-order valence-electron chi connectivity index (χ4n) is 2.18. The SMILES string of the molecule is Cc1ccc(CCC(=O)Cc2cccc(C)c2)cc1. The summed E-state index contributed by atoms with van der Waals surface area (Å²) in [6, 6.07) is 16.6. The number of carbonyl (C=O) groups excluding carboxylic acids is 1. The largest absolute Gasteiger partial charge is 0.299 e. The Hall–Kier alpha value is -1.89. The smallest absolute Gasteiger partial charge is 0.137 e. The Labute approximate surface area is 115 Å². The molecule has 0 spiro atoms. The maximum absolute atomic E-state index is 12.0. The van der Waals surface area contributed by atoms with Crippen LogP contribution in [0.5, 0.6) is 0 Å². The number of carbonyl (C=O) groups is 1. The minimum absolute atomic E-state index is 0.311. The zero-order valence-corrected chi connectivity index (χ0v) is 11.6. The van der Waals surface area contributed by atoms with Gasteiger partial charge in [-0.05, 0) is 31.4 Å². The van der Waals surface area contributed by atoms with Crippen molar-refractivity contribution in [2.24, 2.45) is 0 Å². The molecule has 0 heterocycles. The molecule has 1 heteroatoms. The van der Waals surface area contributed by atoms with Crippen molar-refractivity contribution in [1.29, 1.82) is 0 Å². The van der Waals surface area contributed by atoms with Crippen LogP contribution >= 0.6 is 0 Å². The summed E-state index contributed by atoms with van der Waals surface area (Å²) >= 11 is 0. The summed E-state index contributed by atoms with van der Waals surface area (Å²) in [7, 11) is 0. The number of Topliss-reactive ketones (excluding diaryl/α,β-unsaturated/α-hetero) is 1. The highest BCUT2D eigenvalue weighted by atomic mass is 16.1. The van der Waals surface area contributed by atoms with Crippen molar-refractivity contribution in [3.05, 3.63) is 70.8 Å². The number of hydrogen-bond acceptors (Lipinski definition) is 1. The summed E-state index contributed by atoms with van der Waals surface area (Å²) in [6.07, 6.45) is 2.01. The van der Waals surface area contributed by atoms with Gasteiger partial charge in [-0.25, -0.2) is 0 Å². The zero-order valence-electron chi connectivity index (χ0n) is 11.6. The maximum atomic E-state index is 12.0. The summed E-state index contributed by atoms with van der Waals surface area (Å²) < 4.78 is 0. The lowest BCUT2D eigenvalue weighted by atomic mass is 10.0. The molecule has 0 saturated heterocycles. The van der Waals surface area contributed by atoms with Crippen LogP contribution in [0.2, 0.25) is 0 Å². The van der Waals surface area contributed by atoms with E-state index in [0.717, 1.165) is 12.0 Å². The lowest BCUT2D eigenvalue weighted by Crippen LogP contribution is -2.04. The van der Waals surface area contributed by atoms with Crippen LogP contribution in [0.1, 0.15) is 28.7 Å². The third-order valence-corrected chi connectivity index (χ3v) is 3.30. The van der Waals surface area contributed by atoms with Crippen LogP contribution < -0.4 is 0 Å². The average Bonchev–Trinajstić information content (AvgIpc) is 2.38. The number of hydrogen-bond donors (Lipinski definition) is 0. The molecule has 0 aliphatic heterocycles. The molecule has 1 nitrogen and oxygen atoms in total. The van der Waals surface area contributed by atoms with E-state index >= 15 is 0 Å². The van der Waals surface area contributed by atoms with Crippen molar-refractivity contribution in [3.63, 3.8) is 0 Å². The first-order valence-corrected chi connectivity index (χ1v) is 6.76. The monoisotopic (exact) mass is 252 g/mol. The van der Waals surface area contributed by atoms with Gasteiger partial charge in [0.15, 0.2) is 0 Å². The van der Waals surface area contributed by atoms with E-state index in [1.807, 2.05) is 12.1 Å². The lowest BCUT2D eigenvalue weighted by Gasteiger charge is -2.03. The fraction of sp³-hybridized carbons (Fsp3) is 0.278. The second-order valence-corrected chi connectivity index (χ2v) is 5.19. The first kappa shape index (κ1) is 13.5. The molecule has 0 radical (unpaired) electrons. The molecule has 2 aromatic carbocycles. The Morgan fingerprint density at radius 1 is 0.895 bits per heavy atom. The summed E-state index contributed by atoms with van der Waals surface area (Å²) in [5, 5.41) is 0. The fourth-order valence-corrected chi connectivity index (χ4v) is 2.18. The van der Waals surface area contributed by atoms with Crippen molar-refractivity contribution in [2.45, 2.75) is 33.1 Å². The summed E-state index contributed by atoms with van der Waals surface area (Å²) in [6.45, 7) is 4.13. The molecule has 0 aliphatic carbocycles. The van der Waals surface area contributed by atoms with Crippen LogP contribution in [0.3, 0.4) is 0 Å². The molecule has 19 heavy (non-hydrogen) atoms. The summed E-state index contributed by atoms with van der Waals surface area (Å²) in [5.74, 6) is 0.311. The molecule has 0 amide bonds. The van der Waals surface area contributed by atoms with E-state index in [1.54, 1.807) is 0 Å². The van der Waals surface area contributed by atoms with Gasteiger partial charge in [0.05, 0.1) is 0 Å². The van der Waals surface area contributed by atoms with Crippen LogP contribution in [0.15, 0.2) is 48.5 Å². The van der Waals surface area contributed by atoms with Crippen molar-refractivity contribution in [3.8, 4) is 0 Å². The van der Waals surface area contributed by atoms with E-state index in [0.29, 0.717) is 18.6 Å². The Balaban J connectivity index is 1.86. The van der Waals surface area contributed by atoms with Gasteiger partial charge in [-0.1, -0.05) is 59.7 Å². The van der Waals surface area contributed by atoms with Crippen molar-refractivity contribution in [2.75, 3.05) is 0 Å². The second kappa shape index (κ2) is 6.33. The zero-order chi connectivity index (χ0) is 13.7. The van der Waals surface area contributed by atoms with E-state index in [2.05, 4.69) is 50.2 Å². The van der Waals surface area contributed by atoms with Gasteiger partial charge in [0.1, 0.15) is 5.78 Å². The molecule has 0 fully saturated rings. The van der Waals surface area contributed by atoms with E-state index in [9.17, 15) is 4.79 Å². The molecular weight excluding hydrogens is 232 g/mol. The summed E-state index contributed by atoms with van der Waals surface area (Å²) in [5.41, 5.74) is 4.83. The van der Waals surface area contributed by atoms with Crippen LogP contribution in [0, 0.1) is 13.8 Å². The van der Waals surface area contributed by atoms with Gasteiger partial charge in [0, 0.05) is 12.8 Å². The minimum atomic E-state index is 0.311. The molecule has 0 aromatic heterocycles. The Morgan fingerprint density at radius 2 is 1.63 bits per heavy atom. The van der Waals surface area contributed by atoms with Crippen molar-refractivity contribution >= 4 is 5.78 Å². The highest BCUT2D eigenvalue weighted by Crippen LogP contribution is 2.09. The molecule has 0 bridgehead atoms. The first-order valence-electron chi connectivity index (χ1n) is 6.76. The van der Waals surface area contributed by atoms with Crippen molar-refractivity contribution < 1.29 is 4.79 Å². The van der Waals surface area contributed by atoms with E-state index in [1.165, 1.54) is 16.7 Å². The molecule has 2 rings (SSSR count). The first-order chi connectivity index (χ1) is 9.13. The molecule has 0 N–H and O–H groups in total. The Morgan fingerprint density at radius 3 is 2.32 bits per heavy atom. The second-order valence-electron chi connectivity index (χ2n) is 5.19. The molecule has 98 valence electrons. The quantitative estimate of drug-likeness (QED) is 0.784. The minimum Gasteiger partial charge on any atom is -0.299 e.